The van der Waals surface area contributed by atoms with Gasteiger partial charge in [0.05, 0.1) is 31.4 Å². The highest BCUT2D eigenvalue weighted by Gasteiger charge is 2.15. The Morgan fingerprint density at radius 1 is 1.18 bits per heavy atom. The Morgan fingerprint density at radius 2 is 2.00 bits per heavy atom. The Hall–Kier alpha value is -3.56. The summed E-state index contributed by atoms with van der Waals surface area (Å²) in [5.41, 5.74) is 2.15. The van der Waals surface area contributed by atoms with E-state index in [0.29, 0.717) is 17.9 Å². The molecular formula is C18H17F2N7O. The van der Waals surface area contributed by atoms with Crippen LogP contribution in [0, 0.1) is 0 Å². The molecule has 0 fully saturated rings. The maximum absolute atomic E-state index is 12.6. The molecule has 0 amide bonds. The van der Waals surface area contributed by atoms with Crippen molar-refractivity contribution in [1.29, 1.82) is 0 Å². The average molecular weight is 385 g/mol. The molecule has 144 valence electrons. The summed E-state index contributed by atoms with van der Waals surface area (Å²) in [4.78, 5) is 8.76. The standard InChI is InChI=1S/C18H17F2N7O/c1-28-17-14(10-26(25-17)11-15(19)20)23-18-21-7-13-8-22-27(16(13)24-18)9-12-5-3-2-4-6-12/h2-8,10,15H,9,11H2,1H3,(H,21,23,24). The lowest BCUT2D eigenvalue weighted by Crippen LogP contribution is -2.06. The largest absolute Gasteiger partial charge is 0.478 e. The fourth-order valence-electron chi connectivity index (χ4n) is 2.79. The number of hydrogen-bond acceptors (Lipinski definition) is 6. The van der Waals surface area contributed by atoms with E-state index in [1.165, 1.54) is 13.3 Å². The van der Waals surface area contributed by atoms with Crippen LogP contribution in [0.25, 0.3) is 11.0 Å². The lowest BCUT2D eigenvalue weighted by atomic mass is 10.2. The molecular weight excluding hydrogens is 368 g/mol. The van der Waals surface area contributed by atoms with E-state index in [2.05, 4.69) is 25.5 Å². The van der Waals surface area contributed by atoms with Crippen molar-refractivity contribution in [2.45, 2.75) is 19.5 Å². The van der Waals surface area contributed by atoms with Crippen molar-refractivity contribution < 1.29 is 13.5 Å². The molecule has 8 nitrogen and oxygen atoms in total. The number of methoxy groups -OCH3 is 1. The van der Waals surface area contributed by atoms with Gasteiger partial charge in [0.2, 0.25) is 5.95 Å². The quantitative estimate of drug-likeness (QED) is 0.526. The van der Waals surface area contributed by atoms with E-state index in [1.807, 2.05) is 30.3 Å². The van der Waals surface area contributed by atoms with Gasteiger partial charge in [0.1, 0.15) is 12.2 Å². The minimum absolute atomic E-state index is 0.183. The molecule has 0 saturated carbocycles. The van der Waals surface area contributed by atoms with Crippen molar-refractivity contribution in [1.82, 2.24) is 29.5 Å². The zero-order valence-electron chi connectivity index (χ0n) is 15.0. The van der Waals surface area contributed by atoms with Crippen molar-refractivity contribution >= 4 is 22.7 Å². The van der Waals surface area contributed by atoms with Gasteiger partial charge in [0, 0.05) is 6.20 Å². The van der Waals surface area contributed by atoms with E-state index >= 15 is 0 Å². The van der Waals surface area contributed by atoms with E-state index in [1.54, 1.807) is 17.1 Å². The molecule has 0 aliphatic carbocycles. The SMILES string of the molecule is COc1nn(CC(F)F)cc1Nc1ncc2cnn(Cc3ccccc3)c2n1. The third kappa shape index (κ3) is 3.75. The second kappa shape index (κ2) is 7.59. The normalized spacial score (nSPS) is 11.3. The average Bonchev–Trinajstić information content (AvgIpc) is 3.26. The minimum Gasteiger partial charge on any atom is -0.478 e. The first-order valence-corrected chi connectivity index (χ1v) is 8.51. The van der Waals surface area contributed by atoms with Crippen LogP contribution < -0.4 is 10.1 Å². The van der Waals surface area contributed by atoms with E-state index in [0.717, 1.165) is 15.6 Å². The third-order valence-corrected chi connectivity index (χ3v) is 4.04. The molecule has 4 aromatic rings. The fourth-order valence-corrected chi connectivity index (χ4v) is 2.79. The number of halogens is 2. The predicted molar refractivity (Wildman–Crippen MR) is 98.9 cm³/mol. The van der Waals surface area contributed by atoms with Gasteiger partial charge < -0.3 is 10.1 Å². The van der Waals surface area contributed by atoms with Gasteiger partial charge in [0.25, 0.3) is 12.3 Å². The number of benzene rings is 1. The molecule has 0 aliphatic heterocycles. The van der Waals surface area contributed by atoms with Crippen molar-refractivity contribution in [3.63, 3.8) is 0 Å². The van der Waals surface area contributed by atoms with Gasteiger partial charge in [-0.3, -0.25) is 4.68 Å². The summed E-state index contributed by atoms with van der Waals surface area (Å²) in [6.45, 7) is 0.0399. The van der Waals surface area contributed by atoms with E-state index < -0.39 is 13.0 Å². The topological polar surface area (TPSA) is 82.7 Å². The zero-order chi connectivity index (χ0) is 19.5. The first-order valence-electron chi connectivity index (χ1n) is 8.51. The third-order valence-electron chi connectivity index (χ3n) is 4.04. The van der Waals surface area contributed by atoms with Gasteiger partial charge in [-0.25, -0.2) is 18.4 Å². The molecule has 0 bridgehead atoms. The molecule has 1 aromatic carbocycles. The van der Waals surface area contributed by atoms with Crippen LogP contribution in [0.1, 0.15) is 5.56 Å². The molecule has 10 heteroatoms. The maximum atomic E-state index is 12.6. The van der Waals surface area contributed by atoms with Crippen LogP contribution in [-0.4, -0.2) is 43.1 Å². The van der Waals surface area contributed by atoms with Crippen LogP contribution >= 0.6 is 0 Å². The number of alkyl halides is 2. The number of fused-ring (bicyclic) bond motifs is 1. The van der Waals surface area contributed by atoms with Gasteiger partial charge in [-0.1, -0.05) is 30.3 Å². The summed E-state index contributed by atoms with van der Waals surface area (Å²) in [5, 5.41) is 12.1. The summed E-state index contributed by atoms with van der Waals surface area (Å²) >= 11 is 0. The van der Waals surface area contributed by atoms with Crippen LogP contribution in [-0.2, 0) is 13.1 Å². The van der Waals surface area contributed by atoms with Gasteiger partial charge in [0.15, 0.2) is 5.65 Å². The molecule has 0 unspecified atom stereocenters. The summed E-state index contributed by atoms with van der Waals surface area (Å²) in [7, 11) is 1.42. The highest BCUT2D eigenvalue weighted by Crippen LogP contribution is 2.25. The maximum Gasteiger partial charge on any atom is 0.257 e. The van der Waals surface area contributed by atoms with Crippen LogP contribution in [0.2, 0.25) is 0 Å². The Bertz CT molecular complexity index is 1080. The number of rotatable bonds is 7. The first-order chi connectivity index (χ1) is 13.6. The number of ether oxygens (including phenoxy) is 1. The Labute approximate surface area is 158 Å². The summed E-state index contributed by atoms with van der Waals surface area (Å²) in [6.07, 6.45) is 2.26. The van der Waals surface area contributed by atoms with Crippen LogP contribution in [0.3, 0.4) is 0 Å². The van der Waals surface area contributed by atoms with Crippen LogP contribution in [0.15, 0.2) is 48.9 Å². The molecule has 28 heavy (non-hydrogen) atoms. The number of aromatic nitrogens is 6. The van der Waals surface area contributed by atoms with E-state index in [9.17, 15) is 8.78 Å². The number of nitrogens with one attached hydrogen (secondary N) is 1. The zero-order valence-corrected chi connectivity index (χ0v) is 15.0. The molecule has 4 rings (SSSR count). The molecule has 0 spiro atoms. The molecule has 1 N–H and O–H groups in total. The summed E-state index contributed by atoms with van der Waals surface area (Å²) in [6, 6.07) is 9.90. The second-order valence-electron chi connectivity index (χ2n) is 6.05. The minimum atomic E-state index is -2.52. The van der Waals surface area contributed by atoms with E-state index in [-0.39, 0.29) is 11.8 Å². The first kappa shape index (κ1) is 17.8. The molecule has 3 aromatic heterocycles. The molecule has 0 aliphatic rings. The van der Waals surface area contributed by atoms with Crippen molar-refractivity contribution in [2.75, 3.05) is 12.4 Å². The Morgan fingerprint density at radius 3 is 2.75 bits per heavy atom. The van der Waals surface area contributed by atoms with Gasteiger partial charge in [-0.05, 0) is 5.56 Å². The number of nitrogens with zero attached hydrogens (tertiary/aromatic N) is 6. The lowest BCUT2D eigenvalue weighted by Gasteiger charge is -2.06. The lowest BCUT2D eigenvalue weighted by molar-refractivity contribution is 0.121. The number of anilines is 2. The van der Waals surface area contributed by atoms with Gasteiger partial charge >= 0.3 is 0 Å². The van der Waals surface area contributed by atoms with Crippen molar-refractivity contribution in [3.8, 4) is 5.88 Å². The number of hydrogen-bond donors (Lipinski definition) is 1. The summed E-state index contributed by atoms with van der Waals surface area (Å²) < 4.78 is 33.2. The Kier molecular flexibility index (Phi) is 4.83. The second-order valence-corrected chi connectivity index (χ2v) is 6.05. The van der Waals surface area contributed by atoms with Gasteiger partial charge in [-0.15, -0.1) is 5.10 Å². The molecule has 3 heterocycles. The smallest absolute Gasteiger partial charge is 0.257 e. The van der Waals surface area contributed by atoms with Gasteiger partial charge in [-0.2, -0.15) is 10.1 Å². The molecule has 0 atom stereocenters. The fraction of sp³-hybridized carbons (Fsp3) is 0.222. The highest BCUT2D eigenvalue weighted by atomic mass is 19.3. The van der Waals surface area contributed by atoms with Crippen LogP contribution in [0.4, 0.5) is 20.4 Å². The molecule has 0 radical (unpaired) electrons. The summed E-state index contributed by atoms with van der Waals surface area (Å²) in [5.74, 6) is 0.472. The van der Waals surface area contributed by atoms with Crippen molar-refractivity contribution in [3.05, 3.63) is 54.5 Å². The monoisotopic (exact) mass is 385 g/mol. The Balaban J connectivity index is 1.61. The van der Waals surface area contributed by atoms with E-state index in [4.69, 9.17) is 4.74 Å². The van der Waals surface area contributed by atoms with Crippen molar-refractivity contribution in [2.24, 2.45) is 0 Å². The predicted octanol–water partition coefficient (Wildman–Crippen LogP) is 3.09. The highest BCUT2D eigenvalue weighted by molar-refractivity contribution is 5.75. The van der Waals surface area contributed by atoms with Crippen LogP contribution in [0.5, 0.6) is 5.88 Å². The molecule has 0 saturated heterocycles.